The fourth-order valence-electron chi connectivity index (χ4n) is 3.12. The number of thiazole rings is 1. The minimum absolute atomic E-state index is 0.265. The van der Waals surface area contributed by atoms with Crippen molar-refractivity contribution in [2.45, 2.75) is 12.4 Å². The number of para-hydroxylation sites is 1. The molecular formula is C25H14F6N4O3S. The molecule has 0 radical (unpaired) electrons. The maximum Gasteiger partial charge on any atom is 0.490 e. The van der Waals surface area contributed by atoms with Crippen molar-refractivity contribution < 1.29 is 41.0 Å². The fraction of sp³-hybridized carbons (Fsp3) is 0.0800. The number of carboxylic acid groups (broad SMARTS) is 1. The quantitative estimate of drug-likeness (QED) is 0.230. The second-order valence-electron chi connectivity index (χ2n) is 7.58. The van der Waals surface area contributed by atoms with Gasteiger partial charge in [0.05, 0.1) is 16.0 Å². The Morgan fingerprint density at radius 1 is 0.872 bits per heavy atom. The average molecular weight is 564 g/mol. The van der Waals surface area contributed by atoms with Crippen molar-refractivity contribution in [3.63, 3.8) is 0 Å². The smallest absolute Gasteiger partial charge is 0.475 e. The van der Waals surface area contributed by atoms with E-state index in [0.717, 1.165) is 27.4 Å². The zero-order chi connectivity index (χ0) is 28.2. The molecule has 0 unspecified atom stereocenters. The molecule has 0 aliphatic rings. The van der Waals surface area contributed by atoms with Gasteiger partial charge in [-0.15, -0.1) is 11.3 Å². The number of aliphatic carboxylic acids is 1. The van der Waals surface area contributed by atoms with Crippen LogP contribution in [0.4, 0.5) is 26.3 Å². The summed E-state index contributed by atoms with van der Waals surface area (Å²) in [5, 5.41) is 7.96. The lowest BCUT2D eigenvalue weighted by atomic mass is 10.1. The Morgan fingerprint density at radius 2 is 1.54 bits per heavy atom. The number of aromatic nitrogens is 4. The lowest BCUT2D eigenvalue weighted by molar-refractivity contribution is -0.192. The van der Waals surface area contributed by atoms with Crippen molar-refractivity contribution in [2.24, 2.45) is 0 Å². The molecule has 39 heavy (non-hydrogen) atoms. The van der Waals surface area contributed by atoms with Crippen molar-refractivity contribution in [3.05, 3.63) is 84.9 Å². The molecule has 1 N–H and O–H groups in total. The number of ether oxygens (including phenoxy) is 1. The monoisotopic (exact) mass is 564 g/mol. The number of benzene rings is 2. The zero-order valence-corrected chi connectivity index (χ0v) is 20.1. The maximum absolute atomic E-state index is 12.8. The molecule has 0 aliphatic heterocycles. The predicted octanol–water partition coefficient (Wildman–Crippen LogP) is 7.26. The van der Waals surface area contributed by atoms with Crippen LogP contribution in [0.15, 0.2) is 79.4 Å². The van der Waals surface area contributed by atoms with Gasteiger partial charge in [-0.1, -0.05) is 18.2 Å². The van der Waals surface area contributed by atoms with Gasteiger partial charge in [-0.3, -0.25) is 4.98 Å². The number of alkyl halides is 6. The molecule has 7 nitrogen and oxygen atoms in total. The van der Waals surface area contributed by atoms with Gasteiger partial charge in [-0.05, 0) is 36.4 Å². The Morgan fingerprint density at radius 3 is 2.15 bits per heavy atom. The largest absolute Gasteiger partial charge is 0.490 e. The second kappa shape index (κ2) is 11.0. The Balaban J connectivity index is 0.000000448. The molecule has 200 valence electrons. The molecule has 14 heteroatoms. The van der Waals surface area contributed by atoms with E-state index >= 15 is 0 Å². The van der Waals surface area contributed by atoms with Gasteiger partial charge in [-0.25, -0.2) is 19.7 Å². The Kier molecular flexibility index (Phi) is 7.76. The standard InChI is InChI=1S/C23H13F3N4OS.C2HF3O2/c24-23(25,26)16-6-4-14(5-7-16)17-12-20(29-13-28-17)31-18-2-1-3-19-21(18)30-22(32-19)15-8-10-27-11-9-15;3-2(4,5)1(6)7/h1-13H;(H,6,7). The first-order valence-electron chi connectivity index (χ1n) is 10.7. The summed E-state index contributed by atoms with van der Waals surface area (Å²) < 4.78 is 77.1. The highest BCUT2D eigenvalue weighted by molar-refractivity contribution is 7.21. The van der Waals surface area contributed by atoms with Crippen molar-refractivity contribution >= 4 is 27.5 Å². The summed E-state index contributed by atoms with van der Waals surface area (Å²) in [7, 11) is 0. The molecule has 3 aromatic heterocycles. The number of nitrogens with zero attached hydrogens (tertiary/aromatic N) is 4. The normalized spacial score (nSPS) is 11.5. The Hall–Kier alpha value is -4.59. The van der Waals surface area contributed by atoms with Crippen LogP contribution in [0.25, 0.3) is 32.0 Å². The van der Waals surface area contributed by atoms with E-state index in [-0.39, 0.29) is 5.88 Å². The summed E-state index contributed by atoms with van der Waals surface area (Å²) in [5.41, 5.74) is 1.91. The van der Waals surface area contributed by atoms with Crippen LogP contribution in [0.5, 0.6) is 11.6 Å². The van der Waals surface area contributed by atoms with Crippen LogP contribution in [0.1, 0.15) is 5.56 Å². The minimum atomic E-state index is -5.08. The van der Waals surface area contributed by atoms with Crippen molar-refractivity contribution in [2.75, 3.05) is 0 Å². The van der Waals surface area contributed by atoms with Gasteiger partial charge in [0.15, 0.2) is 5.75 Å². The predicted molar refractivity (Wildman–Crippen MR) is 129 cm³/mol. The highest BCUT2D eigenvalue weighted by Crippen LogP contribution is 2.36. The van der Waals surface area contributed by atoms with Gasteiger partial charge in [0.1, 0.15) is 16.9 Å². The molecule has 0 amide bonds. The number of carbonyl (C=O) groups is 1. The summed E-state index contributed by atoms with van der Waals surface area (Å²) in [6.07, 6.45) is -4.74. The van der Waals surface area contributed by atoms with Crippen molar-refractivity contribution in [1.29, 1.82) is 0 Å². The molecule has 0 fully saturated rings. The van der Waals surface area contributed by atoms with Gasteiger partial charge >= 0.3 is 18.3 Å². The lowest BCUT2D eigenvalue weighted by Crippen LogP contribution is -2.21. The van der Waals surface area contributed by atoms with E-state index in [1.165, 1.54) is 29.8 Å². The first-order chi connectivity index (χ1) is 18.4. The third kappa shape index (κ3) is 6.84. The first kappa shape index (κ1) is 27.4. The Labute approximate surface area is 219 Å². The number of halogens is 6. The molecule has 0 bridgehead atoms. The molecule has 3 heterocycles. The maximum atomic E-state index is 12.8. The van der Waals surface area contributed by atoms with E-state index < -0.39 is 23.9 Å². The van der Waals surface area contributed by atoms with Crippen LogP contribution in [0, 0.1) is 0 Å². The molecule has 0 spiro atoms. The van der Waals surface area contributed by atoms with Gasteiger partial charge in [0, 0.05) is 29.6 Å². The van der Waals surface area contributed by atoms with E-state index in [1.807, 2.05) is 24.3 Å². The van der Waals surface area contributed by atoms with E-state index in [9.17, 15) is 26.3 Å². The van der Waals surface area contributed by atoms with E-state index in [2.05, 4.69) is 15.0 Å². The summed E-state index contributed by atoms with van der Waals surface area (Å²) in [4.78, 5) is 25.9. The summed E-state index contributed by atoms with van der Waals surface area (Å²) >= 11 is 1.53. The molecule has 5 aromatic rings. The van der Waals surface area contributed by atoms with Crippen molar-refractivity contribution in [3.8, 4) is 33.5 Å². The van der Waals surface area contributed by atoms with Crippen LogP contribution in [0.3, 0.4) is 0 Å². The second-order valence-corrected chi connectivity index (χ2v) is 8.61. The third-order valence-corrected chi connectivity index (χ3v) is 5.99. The number of fused-ring (bicyclic) bond motifs is 1. The summed E-state index contributed by atoms with van der Waals surface area (Å²) in [6.45, 7) is 0. The number of hydrogen-bond acceptors (Lipinski definition) is 7. The van der Waals surface area contributed by atoms with E-state index in [4.69, 9.17) is 19.6 Å². The van der Waals surface area contributed by atoms with Crippen LogP contribution >= 0.6 is 11.3 Å². The van der Waals surface area contributed by atoms with Crippen LogP contribution in [-0.4, -0.2) is 37.2 Å². The topological polar surface area (TPSA) is 98.1 Å². The number of hydrogen-bond donors (Lipinski definition) is 1. The summed E-state index contributed by atoms with van der Waals surface area (Å²) in [6, 6.07) is 15.8. The Bertz CT molecular complexity index is 1590. The third-order valence-electron chi connectivity index (χ3n) is 4.92. The van der Waals surface area contributed by atoms with Crippen LogP contribution in [0.2, 0.25) is 0 Å². The first-order valence-corrected chi connectivity index (χ1v) is 11.5. The molecule has 0 aliphatic carbocycles. The lowest BCUT2D eigenvalue weighted by Gasteiger charge is -2.09. The van der Waals surface area contributed by atoms with E-state index in [1.54, 1.807) is 24.5 Å². The van der Waals surface area contributed by atoms with Gasteiger partial charge < -0.3 is 9.84 Å². The minimum Gasteiger partial charge on any atom is -0.475 e. The van der Waals surface area contributed by atoms with E-state index in [0.29, 0.717) is 22.5 Å². The number of carboxylic acids is 1. The van der Waals surface area contributed by atoms with Crippen LogP contribution in [-0.2, 0) is 11.0 Å². The molecule has 0 atom stereocenters. The summed E-state index contributed by atoms with van der Waals surface area (Å²) in [5.74, 6) is -1.97. The number of rotatable bonds is 4. The fourth-order valence-corrected chi connectivity index (χ4v) is 4.11. The zero-order valence-electron chi connectivity index (χ0n) is 19.2. The van der Waals surface area contributed by atoms with Gasteiger partial charge in [0.25, 0.3) is 0 Å². The highest BCUT2D eigenvalue weighted by Gasteiger charge is 2.38. The van der Waals surface area contributed by atoms with Crippen LogP contribution < -0.4 is 4.74 Å². The highest BCUT2D eigenvalue weighted by atomic mass is 32.1. The average Bonchev–Trinajstić information content (AvgIpc) is 3.34. The van der Waals surface area contributed by atoms with Crippen molar-refractivity contribution in [1.82, 2.24) is 19.9 Å². The SMILES string of the molecule is FC(F)(F)c1ccc(-c2cc(Oc3cccc4sc(-c5ccncc5)nc34)ncn2)cc1.O=C(O)C(F)(F)F. The molecule has 5 rings (SSSR count). The molecule has 0 saturated carbocycles. The molecule has 2 aromatic carbocycles. The van der Waals surface area contributed by atoms with Gasteiger partial charge in [0.2, 0.25) is 5.88 Å². The number of pyridine rings is 1. The van der Waals surface area contributed by atoms with Gasteiger partial charge in [-0.2, -0.15) is 26.3 Å². The molecule has 0 saturated heterocycles. The molecular weight excluding hydrogens is 550 g/mol.